The number of rotatable bonds is 14. The molecule has 4 fully saturated rings. The van der Waals surface area contributed by atoms with Gasteiger partial charge < -0.3 is 24.4 Å². The highest BCUT2D eigenvalue weighted by atomic mass is 16.6. The number of nitrogens with zero attached hydrogens (tertiary/aromatic N) is 7. The van der Waals surface area contributed by atoms with Crippen LogP contribution in [0.4, 0.5) is 4.79 Å². The van der Waals surface area contributed by atoms with Crippen molar-refractivity contribution in [1.29, 1.82) is 5.26 Å². The summed E-state index contributed by atoms with van der Waals surface area (Å²) in [5.41, 5.74) is 1.19. The first kappa shape index (κ1) is 32.9. The number of nitrogens with one attached hydrogen (secondary N) is 1. The molecule has 6 rings (SSSR count). The van der Waals surface area contributed by atoms with E-state index in [1.807, 2.05) is 39.1 Å². The molecule has 244 valence electrons. The zero-order valence-electron chi connectivity index (χ0n) is 27.2. The van der Waals surface area contributed by atoms with Gasteiger partial charge in [0.15, 0.2) is 0 Å². The van der Waals surface area contributed by atoms with Crippen molar-refractivity contribution in [3.8, 4) is 11.9 Å². The number of piperidine rings is 1. The normalized spacial score (nSPS) is 21.2. The monoisotopic (exact) mass is 628 g/mol. The lowest BCUT2D eigenvalue weighted by atomic mass is 9.87. The minimum absolute atomic E-state index is 0.274. The number of methoxy groups -OCH3 is 1. The van der Waals surface area contributed by atoms with Crippen molar-refractivity contribution in [2.45, 2.75) is 82.3 Å². The van der Waals surface area contributed by atoms with Gasteiger partial charge in [-0.15, -0.1) is 0 Å². The summed E-state index contributed by atoms with van der Waals surface area (Å²) in [6.45, 7) is 16.1. The summed E-state index contributed by atoms with van der Waals surface area (Å²) < 4.78 is 18.7. The number of alkyl carbamates (subject to hydrolysis) is 1. The third-order valence-corrected chi connectivity index (χ3v) is 8.46. The van der Waals surface area contributed by atoms with Crippen molar-refractivity contribution in [2.24, 2.45) is 4.99 Å². The number of ether oxygens (including phenoxy) is 3. The third-order valence-electron chi connectivity index (χ3n) is 8.46. The maximum Gasteiger partial charge on any atom is 0.408 e. The number of nitriles is 1. The molecule has 2 aromatic heterocycles. The summed E-state index contributed by atoms with van der Waals surface area (Å²) in [7, 11) is 1.62. The van der Waals surface area contributed by atoms with Crippen molar-refractivity contribution in [3.05, 3.63) is 72.5 Å². The van der Waals surface area contributed by atoms with Crippen LogP contribution in [-0.4, -0.2) is 93.0 Å². The number of carbonyl (C=O) groups excluding carboxylic acids is 1. The summed E-state index contributed by atoms with van der Waals surface area (Å²) >= 11 is 0. The third kappa shape index (κ3) is 8.02. The van der Waals surface area contributed by atoms with E-state index in [0.717, 1.165) is 50.3 Å². The predicted molar refractivity (Wildman–Crippen MR) is 175 cm³/mol. The van der Waals surface area contributed by atoms with Gasteiger partial charge in [-0.3, -0.25) is 4.90 Å². The quantitative estimate of drug-likeness (QED) is 0.240. The number of hydrogen-bond donors (Lipinski definition) is 1. The molecule has 5 heterocycles. The van der Waals surface area contributed by atoms with Crippen LogP contribution in [0.5, 0.6) is 5.88 Å². The van der Waals surface area contributed by atoms with E-state index < -0.39 is 23.3 Å². The Morgan fingerprint density at radius 1 is 1.26 bits per heavy atom. The molecular formula is C34H44N8O4. The van der Waals surface area contributed by atoms with Gasteiger partial charge in [-0.25, -0.2) is 19.5 Å². The van der Waals surface area contributed by atoms with Crippen molar-refractivity contribution in [1.82, 2.24) is 29.9 Å². The fourth-order valence-corrected chi connectivity index (χ4v) is 5.89. The Balaban J connectivity index is 1.27. The van der Waals surface area contributed by atoms with Crippen molar-refractivity contribution >= 4 is 18.5 Å². The van der Waals surface area contributed by atoms with Crippen LogP contribution in [0.15, 0.2) is 60.6 Å². The predicted octanol–water partition coefficient (Wildman–Crippen LogP) is 4.30. The maximum atomic E-state index is 12.5. The molecule has 1 amide bonds. The lowest BCUT2D eigenvalue weighted by Gasteiger charge is -2.57. The lowest BCUT2D eigenvalue weighted by Crippen LogP contribution is -2.67. The van der Waals surface area contributed by atoms with Gasteiger partial charge in [0.1, 0.15) is 17.5 Å². The van der Waals surface area contributed by atoms with Gasteiger partial charge in [-0.05, 0) is 51.7 Å². The number of pyridine rings is 1. The molecule has 0 radical (unpaired) electrons. The molecule has 0 spiro atoms. The molecule has 1 saturated carbocycles. The second-order valence-corrected chi connectivity index (χ2v) is 13.1. The van der Waals surface area contributed by atoms with Crippen molar-refractivity contribution < 1.29 is 19.0 Å². The van der Waals surface area contributed by atoms with E-state index in [9.17, 15) is 10.1 Å². The molecule has 46 heavy (non-hydrogen) atoms. The van der Waals surface area contributed by atoms with E-state index in [2.05, 4.69) is 50.5 Å². The Hall–Kier alpha value is -4.47. The van der Waals surface area contributed by atoms with E-state index in [-0.39, 0.29) is 6.61 Å². The van der Waals surface area contributed by atoms with Crippen LogP contribution in [0.1, 0.15) is 56.9 Å². The molecule has 1 aliphatic carbocycles. The number of aromatic nitrogens is 3. The number of piperazine rings is 1. The molecule has 3 saturated heterocycles. The van der Waals surface area contributed by atoms with E-state index >= 15 is 0 Å². The van der Waals surface area contributed by atoms with Crippen LogP contribution in [-0.2, 0) is 22.4 Å². The van der Waals surface area contributed by atoms with Gasteiger partial charge in [0, 0.05) is 62.8 Å². The van der Waals surface area contributed by atoms with Crippen LogP contribution in [0.25, 0.3) is 6.20 Å². The maximum absolute atomic E-state index is 12.5. The van der Waals surface area contributed by atoms with Gasteiger partial charge in [0.2, 0.25) is 5.88 Å². The molecule has 2 aromatic rings. The largest absolute Gasteiger partial charge is 0.481 e. The number of allylic oxidation sites excluding steroid dienone is 2. The first-order valence-electron chi connectivity index (χ1n) is 15.6. The van der Waals surface area contributed by atoms with Gasteiger partial charge in [0.25, 0.3) is 0 Å². The summed E-state index contributed by atoms with van der Waals surface area (Å²) in [6.07, 6.45) is 12.5. The van der Waals surface area contributed by atoms with Crippen molar-refractivity contribution in [3.63, 3.8) is 0 Å². The molecule has 3 atom stereocenters. The highest BCUT2D eigenvalue weighted by Crippen LogP contribution is 2.37. The summed E-state index contributed by atoms with van der Waals surface area (Å²) in [4.78, 5) is 26.6. The van der Waals surface area contributed by atoms with Crippen LogP contribution < -0.4 is 10.1 Å². The first-order chi connectivity index (χ1) is 22.0. The number of aliphatic imine (C=N–C) groups is 1. The first-order valence-corrected chi connectivity index (χ1v) is 15.6. The molecule has 12 nitrogen and oxygen atoms in total. The molecule has 4 aliphatic rings. The minimum Gasteiger partial charge on any atom is -0.481 e. The number of carbonyl (C=O) groups is 1. The Kier molecular flexibility index (Phi) is 9.94. The van der Waals surface area contributed by atoms with E-state index in [1.54, 1.807) is 30.3 Å². The van der Waals surface area contributed by atoms with E-state index in [4.69, 9.17) is 19.2 Å². The summed E-state index contributed by atoms with van der Waals surface area (Å²) in [5, 5.41) is 17.0. The molecular weight excluding hydrogens is 584 g/mol. The molecule has 3 unspecified atom stereocenters. The highest BCUT2D eigenvalue weighted by molar-refractivity contribution is 5.69. The molecule has 3 aliphatic heterocycles. The zero-order chi connectivity index (χ0) is 32.9. The van der Waals surface area contributed by atoms with Crippen molar-refractivity contribution in [2.75, 3.05) is 26.8 Å². The van der Waals surface area contributed by atoms with Gasteiger partial charge in [-0.1, -0.05) is 25.3 Å². The van der Waals surface area contributed by atoms with Gasteiger partial charge in [0.05, 0.1) is 42.8 Å². The fraction of sp³-hybridized carbons (Fsp3) is 0.500. The molecule has 1 N–H and O–H groups in total. The van der Waals surface area contributed by atoms with Gasteiger partial charge in [-0.2, -0.15) is 10.4 Å². The fourth-order valence-electron chi connectivity index (χ4n) is 5.89. The highest BCUT2D eigenvalue weighted by Gasteiger charge is 2.46. The van der Waals surface area contributed by atoms with Crippen LogP contribution in [0, 0.1) is 11.3 Å². The van der Waals surface area contributed by atoms with Crippen LogP contribution in [0.2, 0.25) is 0 Å². The Morgan fingerprint density at radius 2 is 2.02 bits per heavy atom. The number of fused-ring (bicyclic) bond motifs is 2. The molecule has 0 aromatic carbocycles. The second kappa shape index (κ2) is 13.9. The average molecular weight is 629 g/mol. The topological polar surface area (TPSA) is 130 Å². The minimum atomic E-state index is -0.597. The van der Waals surface area contributed by atoms with E-state index in [0.29, 0.717) is 35.6 Å². The smallest absolute Gasteiger partial charge is 0.408 e. The second-order valence-electron chi connectivity index (χ2n) is 13.1. The molecule has 2 bridgehead atoms. The summed E-state index contributed by atoms with van der Waals surface area (Å²) in [5.74, 6) is 1.41. The molecule has 12 heteroatoms. The van der Waals surface area contributed by atoms with E-state index in [1.165, 1.54) is 6.20 Å². The summed E-state index contributed by atoms with van der Waals surface area (Å²) in [6, 6.07) is 6.99. The SMILES string of the molecule is C=C/C=C(\N=CC(Cc1c(C#N)cnn1C=C)OCC1(NC(=O)OC(C)(C)C)CC1)N1CC2CC(C1)N2Cc1ccc(OC)nc1. The Bertz CT molecular complexity index is 1500. The Labute approximate surface area is 271 Å². The lowest BCUT2D eigenvalue weighted by molar-refractivity contribution is -0.0645. The number of hydrogen-bond acceptors (Lipinski definition) is 10. The van der Waals surface area contributed by atoms with Gasteiger partial charge >= 0.3 is 6.09 Å². The standard InChI is InChI=1S/C34H44N8O4/c1-7-9-30(40-21-26-14-27(22-40)41(26)20-24-10-11-31(44-6)37-17-24)36-19-28(15-29-25(16-35)18-38-42(29)8-2)45-23-34(12-13-34)39-32(43)46-33(3,4)5/h7-11,17-19,26-28H,1-2,12-15,20-23H2,3-6H3,(H,39,43)/b30-9+,36-19?. The number of amides is 1. The van der Waals surface area contributed by atoms with Crippen LogP contribution >= 0.6 is 0 Å². The Morgan fingerprint density at radius 3 is 2.61 bits per heavy atom. The van der Waals surface area contributed by atoms with Crippen LogP contribution in [0.3, 0.4) is 0 Å². The zero-order valence-corrected chi connectivity index (χ0v) is 27.2. The average Bonchev–Trinajstić information content (AvgIpc) is 3.68.